The van der Waals surface area contributed by atoms with Gasteiger partial charge < -0.3 is 14.7 Å². The minimum Gasteiger partial charge on any atom is -0.496 e. The topological polar surface area (TPSA) is 80.5 Å². The third-order valence-corrected chi connectivity index (χ3v) is 8.57. The zero-order chi connectivity index (χ0) is 28.1. The van der Waals surface area contributed by atoms with E-state index in [1.54, 1.807) is 18.1 Å². The maximum Gasteiger partial charge on any atom is 0.230 e. The fourth-order valence-corrected chi connectivity index (χ4v) is 6.23. The number of aryl methyl sites for hydroxylation is 2. The van der Waals surface area contributed by atoms with Crippen LogP contribution in [0, 0.1) is 30.6 Å². The smallest absolute Gasteiger partial charge is 0.230 e. The molecule has 7 nitrogen and oxygen atoms in total. The van der Waals surface area contributed by atoms with E-state index in [-0.39, 0.29) is 17.9 Å². The van der Waals surface area contributed by atoms with E-state index in [0.717, 1.165) is 55.5 Å². The van der Waals surface area contributed by atoms with Crippen LogP contribution in [0.3, 0.4) is 0 Å². The lowest BCUT2D eigenvalue weighted by atomic mass is 9.78. The first-order valence-corrected chi connectivity index (χ1v) is 14.5. The number of anilines is 1. The Labute approximate surface area is 237 Å². The Kier molecular flexibility index (Phi) is 8.86. The number of carbonyl (C=O) groups is 1. The summed E-state index contributed by atoms with van der Waals surface area (Å²) < 4.78 is 7.08. The first kappa shape index (κ1) is 27.9. The summed E-state index contributed by atoms with van der Waals surface area (Å²) in [6.45, 7) is 2.82. The van der Waals surface area contributed by atoms with Crippen molar-refractivity contribution in [3.05, 3.63) is 71.3 Å². The predicted octanol–water partition coefficient (Wildman–Crippen LogP) is 5.39. The number of ether oxygens (including phenoxy) is 1. The van der Waals surface area contributed by atoms with Crippen LogP contribution in [0.1, 0.15) is 79.8 Å². The van der Waals surface area contributed by atoms with Crippen molar-refractivity contribution >= 4 is 11.6 Å². The standard InChI is InChI=1S/C33H40N4O3/c1-23-19-28(14-17-31(23)40-3)26-10-7-25(8-11-26)21-37(33(39)27-12-15-30(38)16-13-27)29-6-4-5-24(20-29)9-18-32-34-22-36(2)35-32/h4-6,14,17,19-20,22,25-27,30,38H,7-8,10-13,15-16,21H2,1-3H3/t25-,26-,27-,30-. The van der Waals surface area contributed by atoms with Crippen molar-refractivity contribution in [1.29, 1.82) is 0 Å². The molecule has 0 spiro atoms. The Bertz CT molecular complexity index is 1370. The van der Waals surface area contributed by atoms with Gasteiger partial charge in [0.1, 0.15) is 12.1 Å². The van der Waals surface area contributed by atoms with Crippen LogP contribution in [0.2, 0.25) is 0 Å². The van der Waals surface area contributed by atoms with Crippen LogP contribution in [0.4, 0.5) is 5.69 Å². The Morgan fingerprint density at radius 2 is 1.82 bits per heavy atom. The largest absolute Gasteiger partial charge is 0.496 e. The molecule has 2 aliphatic carbocycles. The van der Waals surface area contributed by atoms with Crippen LogP contribution in [0.25, 0.3) is 0 Å². The molecule has 0 unspecified atom stereocenters. The summed E-state index contributed by atoms with van der Waals surface area (Å²) in [6, 6.07) is 14.5. The van der Waals surface area contributed by atoms with Crippen LogP contribution < -0.4 is 9.64 Å². The molecule has 1 amide bonds. The molecule has 1 aromatic heterocycles. The molecule has 0 saturated heterocycles. The number of carbonyl (C=O) groups excluding carboxylic acids is 1. The third-order valence-electron chi connectivity index (χ3n) is 8.57. The first-order chi connectivity index (χ1) is 19.4. The van der Waals surface area contributed by atoms with Crippen LogP contribution in [0.15, 0.2) is 48.8 Å². The van der Waals surface area contributed by atoms with Gasteiger partial charge in [-0.25, -0.2) is 4.98 Å². The molecule has 1 N–H and O–H groups in total. The number of nitrogens with zero attached hydrogens (tertiary/aromatic N) is 4. The van der Waals surface area contributed by atoms with Gasteiger partial charge in [0.2, 0.25) is 11.7 Å². The molecule has 0 bridgehead atoms. The molecule has 2 fully saturated rings. The monoisotopic (exact) mass is 540 g/mol. The molecular weight excluding hydrogens is 500 g/mol. The number of methoxy groups -OCH3 is 1. The SMILES string of the molecule is COc1ccc([C@H]2CC[C@H](CN(c3cccc(C#Cc4ncn(C)n4)c3)C(=O)[C@H]3CC[C@H](O)CC3)CC2)cc1C. The number of hydrogen-bond acceptors (Lipinski definition) is 5. The molecular formula is C33H40N4O3. The quantitative estimate of drug-likeness (QED) is 0.424. The van der Waals surface area contributed by atoms with E-state index in [4.69, 9.17) is 4.74 Å². The van der Waals surface area contributed by atoms with Gasteiger partial charge in [-0.2, -0.15) is 0 Å². The number of amides is 1. The maximum atomic E-state index is 13.9. The number of aliphatic hydroxyl groups is 1. The van der Waals surface area contributed by atoms with Gasteiger partial charge in [-0.15, -0.1) is 5.10 Å². The number of aromatic nitrogens is 3. The van der Waals surface area contributed by atoms with E-state index in [1.807, 2.05) is 36.2 Å². The van der Waals surface area contributed by atoms with Crippen molar-refractivity contribution in [1.82, 2.24) is 14.8 Å². The molecule has 2 saturated carbocycles. The molecule has 2 aliphatic rings. The molecule has 0 aliphatic heterocycles. The van der Waals surface area contributed by atoms with Gasteiger partial charge >= 0.3 is 0 Å². The average molecular weight is 541 g/mol. The minimum absolute atomic E-state index is 0.0468. The second-order valence-corrected chi connectivity index (χ2v) is 11.4. The van der Waals surface area contributed by atoms with E-state index in [0.29, 0.717) is 37.0 Å². The van der Waals surface area contributed by atoms with Gasteiger partial charge in [0.05, 0.1) is 13.2 Å². The van der Waals surface area contributed by atoms with Crippen LogP contribution in [0.5, 0.6) is 5.75 Å². The van der Waals surface area contributed by atoms with Gasteiger partial charge in [-0.3, -0.25) is 9.48 Å². The molecule has 40 heavy (non-hydrogen) atoms. The fourth-order valence-electron chi connectivity index (χ4n) is 6.23. The van der Waals surface area contributed by atoms with E-state index in [1.165, 1.54) is 11.1 Å². The van der Waals surface area contributed by atoms with Crippen molar-refractivity contribution in [3.63, 3.8) is 0 Å². The Hall–Kier alpha value is -3.63. The van der Waals surface area contributed by atoms with Crippen molar-refractivity contribution in [2.45, 2.75) is 70.3 Å². The highest BCUT2D eigenvalue weighted by atomic mass is 16.5. The summed E-state index contributed by atoms with van der Waals surface area (Å²) in [5, 5.41) is 14.3. The Morgan fingerprint density at radius 3 is 2.50 bits per heavy atom. The average Bonchev–Trinajstić information content (AvgIpc) is 3.40. The molecule has 0 radical (unpaired) electrons. The number of aliphatic hydroxyl groups excluding tert-OH is 1. The molecule has 7 heteroatoms. The van der Waals surface area contributed by atoms with Crippen molar-refractivity contribution in [3.8, 4) is 17.6 Å². The highest BCUT2D eigenvalue weighted by Gasteiger charge is 2.32. The molecule has 210 valence electrons. The second-order valence-electron chi connectivity index (χ2n) is 11.4. The second kappa shape index (κ2) is 12.7. The summed E-state index contributed by atoms with van der Waals surface area (Å²) >= 11 is 0. The Morgan fingerprint density at radius 1 is 1.05 bits per heavy atom. The lowest BCUT2D eigenvalue weighted by Crippen LogP contribution is -2.41. The van der Waals surface area contributed by atoms with Crippen LogP contribution in [-0.4, -0.2) is 45.5 Å². The van der Waals surface area contributed by atoms with E-state index >= 15 is 0 Å². The molecule has 2 aromatic carbocycles. The molecule has 1 heterocycles. The number of hydrogen-bond donors (Lipinski definition) is 1. The van der Waals surface area contributed by atoms with Crippen molar-refractivity contribution in [2.24, 2.45) is 18.9 Å². The van der Waals surface area contributed by atoms with Crippen molar-refractivity contribution in [2.75, 3.05) is 18.6 Å². The lowest BCUT2D eigenvalue weighted by molar-refractivity contribution is -0.124. The zero-order valence-electron chi connectivity index (χ0n) is 23.8. The molecule has 3 aromatic rings. The normalized spacial score (nSPS) is 22.7. The lowest BCUT2D eigenvalue weighted by Gasteiger charge is -2.36. The summed E-state index contributed by atoms with van der Waals surface area (Å²) in [5.41, 5.74) is 4.29. The van der Waals surface area contributed by atoms with E-state index in [2.05, 4.69) is 47.0 Å². The minimum atomic E-state index is -0.284. The summed E-state index contributed by atoms with van der Waals surface area (Å²) in [4.78, 5) is 20.1. The fraction of sp³-hybridized carbons (Fsp3) is 0.485. The summed E-state index contributed by atoms with van der Waals surface area (Å²) in [6.07, 6.45) is 8.64. The zero-order valence-corrected chi connectivity index (χ0v) is 23.8. The predicted molar refractivity (Wildman–Crippen MR) is 156 cm³/mol. The Balaban J connectivity index is 1.32. The number of benzene rings is 2. The van der Waals surface area contributed by atoms with Gasteiger partial charge in [-0.1, -0.05) is 24.1 Å². The third kappa shape index (κ3) is 6.74. The van der Waals surface area contributed by atoms with Gasteiger partial charge in [-0.05, 0) is 111 Å². The highest BCUT2D eigenvalue weighted by Crippen LogP contribution is 2.38. The number of rotatable bonds is 6. The van der Waals surface area contributed by atoms with Gasteiger partial charge in [0.25, 0.3) is 0 Å². The summed E-state index contributed by atoms with van der Waals surface area (Å²) in [5.74, 6) is 8.73. The van der Waals surface area contributed by atoms with Gasteiger partial charge in [0, 0.05) is 30.8 Å². The molecule has 5 rings (SSSR count). The van der Waals surface area contributed by atoms with Gasteiger partial charge in [0.15, 0.2) is 0 Å². The van der Waals surface area contributed by atoms with E-state index in [9.17, 15) is 9.90 Å². The summed E-state index contributed by atoms with van der Waals surface area (Å²) in [7, 11) is 3.54. The first-order valence-electron chi connectivity index (χ1n) is 14.5. The van der Waals surface area contributed by atoms with Crippen molar-refractivity contribution < 1.29 is 14.6 Å². The van der Waals surface area contributed by atoms with E-state index < -0.39 is 0 Å². The molecule has 0 atom stereocenters. The maximum absolute atomic E-state index is 13.9. The van der Waals surface area contributed by atoms with Crippen LogP contribution in [-0.2, 0) is 11.8 Å². The van der Waals surface area contributed by atoms with Crippen LogP contribution >= 0.6 is 0 Å². The highest BCUT2D eigenvalue weighted by molar-refractivity contribution is 5.95.